The first-order chi connectivity index (χ1) is 7.79. The van der Waals surface area contributed by atoms with Gasteiger partial charge in [-0.15, -0.1) is 5.10 Å². The highest BCUT2D eigenvalue weighted by Crippen LogP contribution is 2.12. The quantitative estimate of drug-likeness (QED) is 0.698. The van der Waals surface area contributed by atoms with Gasteiger partial charge in [-0.1, -0.05) is 17.8 Å². The van der Waals surface area contributed by atoms with Crippen LogP contribution in [0.15, 0.2) is 0 Å². The zero-order chi connectivity index (χ0) is 11.8. The van der Waals surface area contributed by atoms with E-state index in [0.29, 0.717) is 18.0 Å². The summed E-state index contributed by atoms with van der Waals surface area (Å²) >= 11 is 1.16. The molecule has 0 saturated carbocycles. The van der Waals surface area contributed by atoms with E-state index in [4.69, 9.17) is 5.73 Å². The zero-order valence-electron chi connectivity index (χ0n) is 9.53. The van der Waals surface area contributed by atoms with Crippen molar-refractivity contribution in [3.8, 4) is 0 Å². The Balaban J connectivity index is 2.42. The van der Waals surface area contributed by atoms with Crippen LogP contribution in [-0.4, -0.2) is 28.6 Å². The monoisotopic (exact) mass is 242 g/mol. The largest absolute Gasteiger partial charge is 0.351 e. The number of nitrogens with zero attached hydrogens (tertiary/aromatic N) is 2. The number of aryl methyl sites for hydroxylation is 1. The van der Waals surface area contributed by atoms with E-state index in [0.717, 1.165) is 42.9 Å². The zero-order valence-corrected chi connectivity index (χ0v) is 10.3. The lowest BCUT2D eigenvalue weighted by Crippen LogP contribution is -2.25. The number of nitrogens with one attached hydrogen (secondary N) is 1. The summed E-state index contributed by atoms with van der Waals surface area (Å²) in [5.41, 5.74) is 6.18. The number of nitrogens with two attached hydrogens (primary N) is 1. The molecule has 90 valence electrons. The number of hydrogen-bond acceptors (Lipinski definition) is 5. The van der Waals surface area contributed by atoms with Gasteiger partial charge in [0.2, 0.25) is 0 Å². The normalized spacial score (nSPS) is 10.4. The van der Waals surface area contributed by atoms with Gasteiger partial charge in [0.15, 0.2) is 0 Å². The van der Waals surface area contributed by atoms with Gasteiger partial charge in [0.25, 0.3) is 5.91 Å². The smallest absolute Gasteiger partial charge is 0.264 e. The van der Waals surface area contributed by atoms with E-state index >= 15 is 0 Å². The Labute approximate surface area is 99.6 Å². The third kappa shape index (κ3) is 3.86. The Bertz CT molecular complexity index is 326. The maximum absolute atomic E-state index is 11.8. The van der Waals surface area contributed by atoms with E-state index in [1.54, 1.807) is 0 Å². The summed E-state index contributed by atoms with van der Waals surface area (Å²) in [5.74, 6) is -0.0597. The van der Waals surface area contributed by atoms with E-state index in [-0.39, 0.29) is 5.91 Å². The van der Waals surface area contributed by atoms with Crippen molar-refractivity contribution >= 4 is 17.4 Å². The number of carbonyl (C=O) groups excluding carboxylic acids is 1. The Morgan fingerprint density at radius 3 is 3.00 bits per heavy atom. The molecule has 0 spiro atoms. The summed E-state index contributed by atoms with van der Waals surface area (Å²) in [7, 11) is 0. The third-order valence-corrected chi connectivity index (χ3v) is 2.93. The summed E-state index contributed by atoms with van der Waals surface area (Å²) in [6, 6.07) is 0. The molecule has 5 nitrogen and oxygen atoms in total. The molecule has 16 heavy (non-hydrogen) atoms. The summed E-state index contributed by atoms with van der Waals surface area (Å²) < 4.78 is 3.82. The summed E-state index contributed by atoms with van der Waals surface area (Å²) in [6.07, 6.45) is 3.63. The SMILES string of the molecule is CCCc1nnsc1C(=O)NCCCCN. The van der Waals surface area contributed by atoms with Crippen molar-refractivity contribution in [2.24, 2.45) is 5.73 Å². The highest BCUT2D eigenvalue weighted by atomic mass is 32.1. The molecular formula is C10H18N4OS. The van der Waals surface area contributed by atoms with Gasteiger partial charge in [-0.3, -0.25) is 4.79 Å². The van der Waals surface area contributed by atoms with E-state index < -0.39 is 0 Å². The predicted octanol–water partition coefficient (Wildman–Crippen LogP) is 0.959. The van der Waals surface area contributed by atoms with Gasteiger partial charge in [-0.25, -0.2) is 0 Å². The number of unbranched alkanes of at least 4 members (excludes halogenated alkanes) is 1. The molecule has 0 bridgehead atoms. The Morgan fingerprint density at radius 2 is 2.31 bits per heavy atom. The van der Waals surface area contributed by atoms with Crippen molar-refractivity contribution in [2.45, 2.75) is 32.6 Å². The second-order valence-corrected chi connectivity index (χ2v) is 4.30. The van der Waals surface area contributed by atoms with Gasteiger partial charge in [0.05, 0.1) is 5.69 Å². The topological polar surface area (TPSA) is 80.9 Å². The molecule has 1 heterocycles. The van der Waals surface area contributed by atoms with Crippen molar-refractivity contribution in [1.29, 1.82) is 0 Å². The van der Waals surface area contributed by atoms with Crippen molar-refractivity contribution < 1.29 is 4.79 Å². The Hall–Kier alpha value is -1.01. The number of carbonyl (C=O) groups is 1. The molecule has 6 heteroatoms. The van der Waals surface area contributed by atoms with E-state index in [1.165, 1.54) is 0 Å². The minimum Gasteiger partial charge on any atom is -0.351 e. The molecule has 0 aliphatic rings. The minimum atomic E-state index is -0.0597. The highest BCUT2D eigenvalue weighted by molar-refractivity contribution is 7.08. The maximum atomic E-state index is 11.8. The Morgan fingerprint density at radius 1 is 1.50 bits per heavy atom. The van der Waals surface area contributed by atoms with E-state index in [1.807, 2.05) is 0 Å². The molecule has 0 saturated heterocycles. The van der Waals surface area contributed by atoms with Crippen LogP contribution in [0.4, 0.5) is 0 Å². The van der Waals surface area contributed by atoms with Crippen molar-refractivity contribution in [3.63, 3.8) is 0 Å². The summed E-state index contributed by atoms with van der Waals surface area (Å²) in [5, 5.41) is 6.81. The van der Waals surface area contributed by atoms with Crippen LogP contribution in [0.1, 0.15) is 41.6 Å². The van der Waals surface area contributed by atoms with Crippen LogP contribution >= 0.6 is 11.5 Å². The lowest BCUT2D eigenvalue weighted by Gasteiger charge is -2.03. The highest BCUT2D eigenvalue weighted by Gasteiger charge is 2.14. The summed E-state index contributed by atoms with van der Waals surface area (Å²) in [4.78, 5) is 12.4. The first-order valence-corrected chi connectivity index (χ1v) is 6.36. The number of hydrogen-bond donors (Lipinski definition) is 2. The molecule has 0 aromatic carbocycles. The van der Waals surface area contributed by atoms with E-state index in [9.17, 15) is 4.79 Å². The van der Waals surface area contributed by atoms with Crippen LogP contribution in [0, 0.1) is 0 Å². The van der Waals surface area contributed by atoms with Crippen LogP contribution in [-0.2, 0) is 6.42 Å². The standard InChI is InChI=1S/C10H18N4OS/c1-2-5-8-9(16-14-13-8)10(15)12-7-4-3-6-11/h2-7,11H2,1H3,(H,12,15). The van der Waals surface area contributed by atoms with Gasteiger partial charge >= 0.3 is 0 Å². The maximum Gasteiger partial charge on any atom is 0.264 e. The molecular weight excluding hydrogens is 224 g/mol. The van der Waals surface area contributed by atoms with Crippen LogP contribution in [0.2, 0.25) is 0 Å². The molecule has 3 N–H and O–H groups in total. The first kappa shape index (κ1) is 13.1. The van der Waals surface area contributed by atoms with Crippen molar-refractivity contribution in [3.05, 3.63) is 10.6 Å². The second-order valence-electron chi connectivity index (χ2n) is 3.55. The fraction of sp³-hybridized carbons (Fsp3) is 0.700. The second kappa shape index (κ2) is 7.29. The predicted molar refractivity (Wildman–Crippen MR) is 64.5 cm³/mol. The van der Waals surface area contributed by atoms with Gasteiger partial charge in [0.1, 0.15) is 4.88 Å². The molecule has 0 atom stereocenters. The molecule has 0 aliphatic heterocycles. The molecule has 1 rings (SSSR count). The molecule has 0 aliphatic carbocycles. The van der Waals surface area contributed by atoms with Crippen LogP contribution < -0.4 is 11.1 Å². The first-order valence-electron chi connectivity index (χ1n) is 5.59. The molecule has 0 unspecified atom stereocenters. The fourth-order valence-electron chi connectivity index (χ4n) is 1.33. The fourth-order valence-corrected chi connectivity index (χ4v) is 1.96. The molecule has 0 fully saturated rings. The van der Waals surface area contributed by atoms with Gasteiger partial charge < -0.3 is 11.1 Å². The van der Waals surface area contributed by atoms with E-state index in [2.05, 4.69) is 21.8 Å². The summed E-state index contributed by atoms with van der Waals surface area (Å²) in [6.45, 7) is 3.39. The van der Waals surface area contributed by atoms with Crippen LogP contribution in [0.5, 0.6) is 0 Å². The molecule has 1 aromatic heterocycles. The molecule has 1 amide bonds. The van der Waals surface area contributed by atoms with Gasteiger partial charge in [-0.05, 0) is 37.3 Å². The molecule has 0 radical (unpaired) electrons. The Kier molecular flexibility index (Phi) is 5.95. The number of amides is 1. The van der Waals surface area contributed by atoms with Gasteiger partial charge in [0, 0.05) is 6.54 Å². The van der Waals surface area contributed by atoms with Crippen molar-refractivity contribution in [1.82, 2.24) is 14.9 Å². The van der Waals surface area contributed by atoms with Gasteiger partial charge in [-0.2, -0.15) is 0 Å². The van der Waals surface area contributed by atoms with Crippen LogP contribution in [0.25, 0.3) is 0 Å². The average Bonchev–Trinajstić information content (AvgIpc) is 2.73. The third-order valence-electron chi connectivity index (χ3n) is 2.17. The molecule has 1 aromatic rings. The minimum absolute atomic E-state index is 0.0597. The van der Waals surface area contributed by atoms with Crippen LogP contribution in [0.3, 0.4) is 0 Å². The van der Waals surface area contributed by atoms with Crippen molar-refractivity contribution in [2.75, 3.05) is 13.1 Å². The lowest BCUT2D eigenvalue weighted by atomic mass is 10.2. The lowest BCUT2D eigenvalue weighted by molar-refractivity contribution is 0.0956. The average molecular weight is 242 g/mol. The number of aromatic nitrogens is 2. The number of rotatable bonds is 7.